The van der Waals surface area contributed by atoms with Gasteiger partial charge < -0.3 is 5.11 Å². The number of halogens is 2. The lowest BCUT2D eigenvalue weighted by Crippen LogP contribution is -2.14. The van der Waals surface area contributed by atoms with E-state index in [1.807, 2.05) is 18.2 Å². The molecule has 4 nitrogen and oxygen atoms in total. The molecule has 1 atom stereocenters. The molecule has 2 aromatic rings. The Balaban J connectivity index is 2.19. The Morgan fingerprint density at radius 2 is 2.19 bits per heavy atom. The summed E-state index contributed by atoms with van der Waals surface area (Å²) >= 11 is 6.96. The van der Waals surface area contributed by atoms with E-state index in [4.69, 9.17) is 0 Å². The Morgan fingerprint density at radius 1 is 1.43 bits per heavy atom. The van der Waals surface area contributed by atoms with Gasteiger partial charge in [0.2, 0.25) is 0 Å². The van der Waals surface area contributed by atoms with Gasteiger partial charge in [0.05, 0.1) is 5.69 Å². The molecule has 6 heteroatoms. The van der Waals surface area contributed by atoms with Crippen LogP contribution in [0.3, 0.4) is 0 Å². The van der Waals surface area contributed by atoms with Crippen LogP contribution in [0, 0.1) is 5.92 Å². The third kappa shape index (κ3) is 2.66. The molecule has 0 amide bonds. The summed E-state index contributed by atoms with van der Waals surface area (Å²) in [7, 11) is 0. The highest BCUT2D eigenvalue weighted by molar-refractivity contribution is 9.11. The molecule has 1 aromatic heterocycles. The molecule has 3 rings (SSSR count). The number of aromatic carboxylic acids is 1. The molecule has 0 saturated heterocycles. The minimum atomic E-state index is -0.952. The number of rotatable bonds is 2. The molecule has 0 fully saturated rings. The number of fused-ring (bicyclic) bond motifs is 1. The Labute approximate surface area is 139 Å². The highest BCUT2D eigenvalue weighted by Crippen LogP contribution is 2.32. The van der Waals surface area contributed by atoms with Gasteiger partial charge in [0.15, 0.2) is 5.69 Å². The molecule has 1 aliphatic carbocycles. The van der Waals surface area contributed by atoms with Crippen molar-refractivity contribution < 1.29 is 9.90 Å². The second-order valence-corrected chi connectivity index (χ2v) is 7.20. The molecule has 21 heavy (non-hydrogen) atoms. The van der Waals surface area contributed by atoms with Crippen molar-refractivity contribution in [2.45, 2.75) is 26.2 Å². The number of carbonyl (C=O) groups is 1. The fraction of sp³-hybridized carbons (Fsp3) is 0.333. The number of benzene rings is 1. The number of hydrogen-bond acceptors (Lipinski definition) is 2. The zero-order valence-electron chi connectivity index (χ0n) is 11.4. The fourth-order valence-corrected chi connectivity index (χ4v) is 4.03. The van der Waals surface area contributed by atoms with Crippen molar-refractivity contribution in [2.75, 3.05) is 0 Å². The Kier molecular flexibility index (Phi) is 3.92. The molecule has 0 radical (unpaired) electrons. The Hall–Kier alpha value is -1.14. The van der Waals surface area contributed by atoms with Crippen LogP contribution in [0.2, 0.25) is 0 Å². The van der Waals surface area contributed by atoms with Crippen LogP contribution in [0.15, 0.2) is 27.1 Å². The van der Waals surface area contributed by atoms with Crippen molar-refractivity contribution >= 4 is 37.8 Å². The van der Waals surface area contributed by atoms with E-state index in [0.29, 0.717) is 5.92 Å². The first-order chi connectivity index (χ1) is 9.97. The van der Waals surface area contributed by atoms with E-state index >= 15 is 0 Å². The maximum atomic E-state index is 11.5. The Morgan fingerprint density at radius 3 is 2.86 bits per heavy atom. The number of nitrogens with zero attached hydrogens (tertiary/aromatic N) is 2. The lowest BCUT2D eigenvalue weighted by molar-refractivity contribution is 0.0688. The normalized spacial score (nSPS) is 17.6. The van der Waals surface area contributed by atoms with Crippen molar-refractivity contribution in [1.82, 2.24) is 9.78 Å². The Bertz CT molecular complexity index is 725. The van der Waals surface area contributed by atoms with Crippen LogP contribution in [0.5, 0.6) is 0 Å². The predicted molar refractivity (Wildman–Crippen MR) is 87.1 cm³/mol. The van der Waals surface area contributed by atoms with Gasteiger partial charge in [-0.2, -0.15) is 5.10 Å². The summed E-state index contributed by atoms with van der Waals surface area (Å²) in [6, 6.07) is 5.81. The van der Waals surface area contributed by atoms with E-state index in [9.17, 15) is 9.90 Å². The third-order valence-electron chi connectivity index (χ3n) is 3.86. The topological polar surface area (TPSA) is 55.1 Å². The monoisotopic (exact) mass is 412 g/mol. The summed E-state index contributed by atoms with van der Waals surface area (Å²) in [6.45, 7) is 2.15. The van der Waals surface area contributed by atoms with Gasteiger partial charge in [-0.1, -0.05) is 22.9 Å². The second kappa shape index (κ2) is 5.57. The maximum Gasteiger partial charge on any atom is 0.356 e. The van der Waals surface area contributed by atoms with Crippen LogP contribution in [0.1, 0.15) is 35.1 Å². The minimum absolute atomic E-state index is 0.186. The zero-order valence-corrected chi connectivity index (χ0v) is 14.6. The van der Waals surface area contributed by atoms with Gasteiger partial charge in [-0.25, -0.2) is 9.48 Å². The average Bonchev–Trinajstić information content (AvgIpc) is 2.77. The standard InChI is InChI=1S/C15H14Br2N2O2/c1-8-2-4-12-10(6-8)14(15(20)21)18-19(12)13-5-3-9(16)7-11(13)17/h3,5,7-8H,2,4,6H2,1H3,(H,20,21). The molecule has 1 N–H and O–H groups in total. The van der Waals surface area contributed by atoms with Gasteiger partial charge in [-0.15, -0.1) is 0 Å². The quantitative estimate of drug-likeness (QED) is 0.801. The van der Waals surface area contributed by atoms with E-state index < -0.39 is 5.97 Å². The van der Waals surface area contributed by atoms with Gasteiger partial charge in [-0.3, -0.25) is 0 Å². The summed E-state index contributed by atoms with van der Waals surface area (Å²) in [4.78, 5) is 11.5. The first-order valence-corrected chi connectivity index (χ1v) is 8.35. The lowest BCUT2D eigenvalue weighted by atomic mass is 9.87. The van der Waals surface area contributed by atoms with Gasteiger partial charge >= 0.3 is 5.97 Å². The summed E-state index contributed by atoms with van der Waals surface area (Å²) in [5.74, 6) is -0.450. The van der Waals surface area contributed by atoms with Crippen LogP contribution < -0.4 is 0 Å². The first-order valence-electron chi connectivity index (χ1n) is 6.77. The number of carboxylic acid groups (broad SMARTS) is 1. The molecule has 1 unspecified atom stereocenters. The van der Waals surface area contributed by atoms with Crippen molar-refractivity contribution in [3.8, 4) is 5.69 Å². The van der Waals surface area contributed by atoms with Gasteiger partial charge in [0, 0.05) is 20.2 Å². The smallest absolute Gasteiger partial charge is 0.356 e. The molecule has 1 aromatic carbocycles. The summed E-state index contributed by atoms with van der Waals surface area (Å²) in [5.41, 5.74) is 2.97. The molecule has 110 valence electrons. The van der Waals surface area contributed by atoms with E-state index in [1.165, 1.54) is 0 Å². The number of carboxylic acids is 1. The summed E-state index contributed by atoms with van der Waals surface area (Å²) in [6.07, 6.45) is 2.70. The van der Waals surface area contributed by atoms with E-state index in [1.54, 1.807) is 4.68 Å². The minimum Gasteiger partial charge on any atom is -0.476 e. The van der Waals surface area contributed by atoms with Crippen molar-refractivity contribution in [3.05, 3.63) is 44.1 Å². The zero-order chi connectivity index (χ0) is 15.1. The van der Waals surface area contributed by atoms with Crippen LogP contribution in [-0.4, -0.2) is 20.9 Å². The van der Waals surface area contributed by atoms with Crippen molar-refractivity contribution in [3.63, 3.8) is 0 Å². The summed E-state index contributed by atoms with van der Waals surface area (Å²) in [5, 5.41) is 13.8. The molecule has 0 bridgehead atoms. The number of hydrogen-bond donors (Lipinski definition) is 1. The molecule has 0 spiro atoms. The molecule has 1 heterocycles. The van der Waals surface area contributed by atoms with Crippen LogP contribution in [0.25, 0.3) is 5.69 Å². The highest BCUT2D eigenvalue weighted by atomic mass is 79.9. The molecule has 0 saturated carbocycles. The highest BCUT2D eigenvalue weighted by Gasteiger charge is 2.28. The van der Waals surface area contributed by atoms with E-state index in [0.717, 1.165) is 45.2 Å². The van der Waals surface area contributed by atoms with Crippen LogP contribution >= 0.6 is 31.9 Å². The van der Waals surface area contributed by atoms with Gasteiger partial charge in [0.25, 0.3) is 0 Å². The van der Waals surface area contributed by atoms with Crippen LogP contribution in [0.4, 0.5) is 0 Å². The molecular weight excluding hydrogens is 400 g/mol. The SMILES string of the molecule is CC1CCc2c(c(C(=O)O)nn2-c2ccc(Br)cc2Br)C1. The maximum absolute atomic E-state index is 11.5. The summed E-state index contributed by atoms with van der Waals surface area (Å²) < 4.78 is 3.63. The number of aromatic nitrogens is 2. The average molecular weight is 414 g/mol. The molecular formula is C15H14Br2N2O2. The second-order valence-electron chi connectivity index (χ2n) is 5.43. The largest absolute Gasteiger partial charge is 0.476 e. The van der Waals surface area contributed by atoms with E-state index in [2.05, 4.69) is 43.9 Å². The van der Waals surface area contributed by atoms with Crippen LogP contribution in [-0.2, 0) is 12.8 Å². The first kappa shape index (κ1) is 14.8. The van der Waals surface area contributed by atoms with Crippen molar-refractivity contribution in [1.29, 1.82) is 0 Å². The lowest BCUT2D eigenvalue weighted by Gasteiger charge is -2.20. The fourth-order valence-electron chi connectivity index (χ4n) is 2.81. The van der Waals surface area contributed by atoms with Gasteiger partial charge in [0.1, 0.15) is 0 Å². The van der Waals surface area contributed by atoms with Crippen molar-refractivity contribution in [2.24, 2.45) is 5.92 Å². The van der Waals surface area contributed by atoms with E-state index in [-0.39, 0.29) is 5.69 Å². The van der Waals surface area contributed by atoms with Gasteiger partial charge in [-0.05, 0) is 59.3 Å². The predicted octanol–water partition coefficient (Wildman–Crippen LogP) is 4.22. The molecule has 0 aliphatic heterocycles. The molecule has 1 aliphatic rings. The third-order valence-corrected chi connectivity index (χ3v) is 4.99.